The van der Waals surface area contributed by atoms with Crippen molar-refractivity contribution in [3.63, 3.8) is 0 Å². The van der Waals surface area contributed by atoms with Crippen molar-refractivity contribution < 1.29 is 32.8 Å². The van der Waals surface area contributed by atoms with Crippen LogP contribution in [0.4, 0.5) is 0 Å². The molecule has 218 valence electrons. The molecule has 0 aromatic heterocycles. The molecule has 0 fully saturated rings. The molecular weight excluding hydrogens is 477 g/mol. The van der Waals surface area contributed by atoms with Crippen molar-refractivity contribution in [1.29, 1.82) is 0 Å². The minimum Gasteiger partial charge on any atom is -0.756 e. The monoisotopic (exact) mass is 537 g/mol. The fraction of sp³-hybridized carbons (Fsp3) is 1.00. The number of phosphoric acid groups is 1. The van der Waals surface area contributed by atoms with Crippen LogP contribution in [0.25, 0.3) is 0 Å². The molecule has 0 amide bonds. The first-order valence-electron chi connectivity index (χ1n) is 14.8. The number of aliphatic hydroxyl groups is 1. The number of nitrogens with zero attached hydrogens (tertiary/aromatic N) is 1. The summed E-state index contributed by atoms with van der Waals surface area (Å²) < 4.78 is 27.9. The highest BCUT2D eigenvalue weighted by Gasteiger charge is 2.13. The summed E-state index contributed by atoms with van der Waals surface area (Å²) in [5, 5.41) is 9.90. The molecule has 8 heteroatoms. The van der Waals surface area contributed by atoms with E-state index in [1.807, 2.05) is 0 Å². The average molecular weight is 538 g/mol. The predicted molar refractivity (Wildman–Crippen MR) is 148 cm³/mol. The van der Waals surface area contributed by atoms with E-state index < -0.39 is 13.9 Å². The Kier molecular flexibility index (Phi) is 24.1. The summed E-state index contributed by atoms with van der Waals surface area (Å²) in [6, 6.07) is 0. The molecule has 0 bridgehead atoms. The molecule has 0 saturated carbocycles. The maximum Gasteiger partial charge on any atom is 0.267 e. The molecule has 0 saturated heterocycles. The van der Waals surface area contributed by atoms with E-state index in [4.69, 9.17) is 13.8 Å². The minimum absolute atomic E-state index is 0.0741. The quantitative estimate of drug-likeness (QED) is 0.0686. The van der Waals surface area contributed by atoms with Gasteiger partial charge in [0.05, 0.1) is 47.5 Å². The maximum atomic E-state index is 11.8. The first kappa shape index (κ1) is 36.0. The molecule has 2 unspecified atom stereocenters. The summed E-state index contributed by atoms with van der Waals surface area (Å²) in [4.78, 5) is 11.8. The van der Waals surface area contributed by atoms with Crippen molar-refractivity contribution >= 4 is 7.82 Å². The molecule has 0 spiro atoms. The summed E-state index contributed by atoms with van der Waals surface area (Å²) in [7, 11) is 2.11. The molecule has 36 heavy (non-hydrogen) atoms. The van der Waals surface area contributed by atoms with Gasteiger partial charge in [-0.2, -0.15) is 0 Å². The topological polar surface area (TPSA) is 88.0 Å². The van der Waals surface area contributed by atoms with Crippen LogP contribution in [-0.2, 0) is 18.3 Å². The number of hydrogen-bond acceptors (Lipinski definition) is 6. The summed E-state index contributed by atoms with van der Waals surface area (Å²) >= 11 is 0. The molecule has 0 aliphatic rings. The molecule has 0 heterocycles. The highest BCUT2D eigenvalue weighted by atomic mass is 31.2. The Morgan fingerprint density at radius 3 is 1.61 bits per heavy atom. The maximum absolute atomic E-state index is 11.8. The molecule has 0 rings (SSSR count). The molecular formula is C28H60NO6P. The van der Waals surface area contributed by atoms with E-state index in [1.54, 1.807) is 0 Å². The van der Waals surface area contributed by atoms with Gasteiger partial charge in [0.15, 0.2) is 0 Å². The second kappa shape index (κ2) is 24.1. The third-order valence-electron chi connectivity index (χ3n) is 6.35. The summed E-state index contributed by atoms with van der Waals surface area (Å²) in [6.45, 7) is 3.81. The van der Waals surface area contributed by atoms with Gasteiger partial charge >= 0.3 is 0 Å². The Balaban J connectivity index is 3.43. The lowest BCUT2D eigenvalue weighted by molar-refractivity contribution is -0.870. The number of unbranched alkanes of at least 4 members (excludes halogenated alkanes) is 16. The van der Waals surface area contributed by atoms with Crippen molar-refractivity contribution in [2.45, 2.75) is 129 Å². The van der Waals surface area contributed by atoms with Crippen molar-refractivity contribution in [3.05, 3.63) is 0 Å². The van der Waals surface area contributed by atoms with Gasteiger partial charge < -0.3 is 28.3 Å². The van der Waals surface area contributed by atoms with Crippen LogP contribution in [0.15, 0.2) is 0 Å². The lowest BCUT2D eigenvalue weighted by Crippen LogP contribution is -2.35. The highest BCUT2D eigenvalue weighted by Crippen LogP contribution is 2.38. The van der Waals surface area contributed by atoms with Gasteiger partial charge in [0.1, 0.15) is 6.10 Å². The number of phosphoric ester groups is 1. The SMILES string of the molecule is CCCCCCCCCCCCCCCCOCC(O)COP(=O)([O-])OCCCCCC[N+](C)(C)C. The summed E-state index contributed by atoms with van der Waals surface area (Å²) in [5.74, 6) is 0. The zero-order valence-electron chi connectivity index (χ0n) is 24.2. The van der Waals surface area contributed by atoms with Gasteiger partial charge in [-0.25, -0.2) is 0 Å². The van der Waals surface area contributed by atoms with E-state index >= 15 is 0 Å². The highest BCUT2D eigenvalue weighted by molar-refractivity contribution is 7.45. The van der Waals surface area contributed by atoms with E-state index in [2.05, 4.69) is 28.1 Å². The van der Waals surface area contributed by atoms with Crippen molar-refractivity contribution in [1.82, 2.24) is 0 Å². The van der Waals surface area contributed by atoms with Gasteiger partial charge in [0, 0.05) is 6.61 Å². The van der Waals surface area contributed by atoms with Crippen LogP contribution >= 0.6 is 7.82 Å². The zero-order chi connectivity index (χ0) is 27.0. The molecule has 0 aliphatic heterocycles. The number of aliphatic hydroxyl groups excluding tert-OH is 1. The van der Waals surface area contributed by atoms with Crippen LogP contribution in [0.1, 0.15) is 122 Å². The van der Waals surface area contributed by atoms with Gasteiger partial charge in [-0.3, -0.25) is 4.57 Å². The minimum atomic E-state index is -4.37. The fourth-order valence-corrected chi connectivity index (χ4v) is 4.88. The van der Waals surface area contributed by atoms with Crippen molar-refractivity contribution in [2.75, 3.05) is 54.1 Å². The second-order valence-corrected chi connectivity index (χ2v) is 12.7. The molecule has 0 radical (unpaired) electrons. The predicted octanol–water partition coefficient (Wildman–Crippen LogP) is 6.61. The third kappa shape index (κ3) is 28.6. The van der Waals surface area contributed by atoms with Crippen LogP contribution in [0.5, 0.6) is 0 Å². The fourth-order valence-electron chi connectivity index (χ4n) is 4.10. The number of rotatable bonds is 28. The number of hydrogen-bond donors (Lipinski definition) is 1. The summed E-state index contributed by atoms with van der Waals surface area (Å²) in [5.41, 5.74) is 0. The Labute approximate surface area is 223 Å². The van der Waals surface area contributed by atoms with Crippen molar-refractivity contribution in [3.8, 4) is 0 Å². The average Bonchev–Trinajstić information content (AvgIpc) is 2.81. The van der Waals surface area contributed by atoms with Gasteiger partial charge in [-0.1, -0.05) is 96.8 Å². The molecule has 0 aromatic rings. The lowest BCUT2D eigenvalue weighted by Gasteiger charge is -2.24. The lowest BCUT2D eigenvalue weighted by atomic mass is 10.0. The Morgan fingerprint density at radius 1 is 0.667 bits per heavy atom. The molecule has 0 aliphatic carbocycles. The van der Waals surface area contributed by atoms with Gasteiger partial charge in [-0.05, 0) is 25.7 Å². The van der Waals surface area contributed by atoms with Crippen molar-refractivity contribution in [2.24, 2.45) is 0 Å². The smallest absolute Gasteiger partial charge is 0.267 e. The molecule has 7 nitrogen and oxygen atoms in total. The Bertz CT molecular complexity index is 515. The normalized spacial score (nSPS) is 14.7. The first-order chi connectivity index (χ1) is 17.2. The Morgan fingerprint density at radius 2 is 1.11 bits per heavy atom. The van der Waals surface area contributed by atoms with E-state index in [1.165, 1.54) is 77.0 Å². The number of quaternary nitrogens is 1. The van der Waals surface area contributed by atoms with Gasteiger partial charge in [0.2, 0.25) is 0 Å². The number of ether oxygens (including phenoxy) is 1. The van der Waals surface area contributed by atoms with Crippen LogP contribution < -0.4 is 4.89 Å². The first-order valence-corrected chi connectivity index (χ1v) is 16.3. The van der Waals surface area contributed by atoms with Crippen LogP contribution in [0.2, 0.25) is 0 Å². The third-order valence-corrected chi connectivity index (χ3v) is 7.31. The van der Waals surface area contributed by atoms with Crippen LogP contribution in [0, 0.1) is 0 Å². The zero-order valence-corrected chi connectivity index (χ0v) is 25.1. The van der Waals surface area contributed by atoms with Gasteiger partial charge in [0.25, 0.3) is 7.82 Å². The second-order valence-electron chi connectivity index (χ2n) is 11.3. The van der Waals surface area contributed by atoms with Gasteiger partial charge in [-0.15, -0.1) is 0 Å². The molecule has 0 aromatic carbocycles. The summed E-state index contributed by atoms with van der Waals surface area (Å²) in [6.07, 6.45) is 21.1. The molecule has 2 atom stereocenters. The molecule has 1 N–H and O–H groups in total. The van der Waals surface area contributed by atoms with E-state index in [9.17, 15) is 14.6 Å². The van der Waals surface area contributed by atoms with Crippen LogP contribution in [0.3, 0.4) is 0 Å². The van der Waals surface area contributed by atoms with E-state index in [0.717, 1.165) is 43.1 Å². The van der Waals surface area contributed by atoms with E-state index in [0.29, 0.717) is 13.0 Å². The largest absolute Gasteiger partial charge is 0.756 e. The van der Waals surface area contributed by atoms with E-state index in [-0.39, 0.29) is 19.8 Å². The van der Waals surface area contributed by atoms with Crippen LogP contribution in [-0.4, -0.2) is 69.8 Å². The standard InChI is InChI=1S/C28H60NO6P/c1-5-6-7-8-9-10-11-12-13-14-15-16-18-21-24-33-26-28(30)27-35-36(31,32)34-25-22-19-17-20-23-29(2,3)4/h28,30H,5-27H2,1-4H3. The Hall–Kier alpha value is -0.0100.